The summed E-state index contributed by atoms with van der Waals surface area (Å²) in [5.74, 6) is -5.28. The lowest BCUT2D eigenvalue weighted by Gasteiger charge is -2.21. The van der Waals surface area contributed by atoms with E-state index in [1.54, 1.807) is 24.3 Å². The lowest BCUT2D eigenvalue weighted by atomic mass is 10.1. The highest BCUT2D eigenvalue weighted by Crippen LogP contribution is 2.37. The van der Waals surface area contributed by atoms with Crippen LogP contribution in [0, 0.1) is 0 Å². The number of fused-ring (bicyclic) bond motifs is 1. The zero-order valence-corrected chi connectivity index (χ0v) is 10.5. The second kappa shape index (κ2) is 5.31. The molecule has 2 aromatic carbocycles. The van der Waals surface area contributed by atoms with Gasteiger partial charge in [-0.2, -0.15) is 22.0 Å². The molecule has 0 unspecified atom stereocenters. The number of ether oxygens (including phenoxy) is 1. The summed E-state index contributed by atoms with van der Waals surface area (Å²) >= 11 is 0. The number of carbonyl (C=O) groups excluding carboxylic acids is 1. The molecule has 2 nitrogen and oxygen atoms in total. The number of rotatable bonds is 4. The molecule has 0 saturated heterocycles. The number of halogens is 5. The Morgan fingerprint density at radius 1 is 1.00 bits per heavy atom. The molecule has 0 aliphatic rings. The molecule has 2 rings (SSSR count). The van der Waals surface area contributed by atoms with Gasteiger partial charge in [0.2, 0.25) is 0 Å². The molecule has 21 heavy (non-hydrogen) atoms. The molecule has 0 spiro atoms. The zero-order valence-electron chi connectivity index (χ0n) is 10.5. The third-order valence-corrected chi connectivity index (χ3v) is 2.85. The van der Waals surface area contributed by atoms with Crippen LogP contribution in [0.3, 0.4) is 0 Å². The summed E-state index contributed by atoms with van der Waals surface area (Å²) in [6.07, 6.45) is -5.37. The van der Waals surface area contributed by atoms with Gasteiger partial charge in [0.1, 0.15) is 5.75 Å². The zero-order chi connectivity index (χ0) is 15.7. The van der Waals surface area contributed by atoms with Gasteiger partial charge in [-0.1, -0.05) is 30.3 Å². The lowest BCUT2D eigenvalue weighted by molar-refractivity contribution is -0.289. The highest BCUT2D eigenvalue weighted by molar-refractivity contribution is 5.96. The van der Waals surface area contributed by atoms with Crippen LogP contribution in [-0.4, -0.2) is 25.0 Å². The second-order valence-corrected chi connectivity index (χ2v) is 4.31. The molecule has 0 radical (unpaired) electrons. The molecule has 0 bridgehead atoms. The Morgan fingerprint density at radius 2 is 1.67 bits per heavy atom. The van der Waals surface area contributed by atoms with Gasteiger partial charge in [0.15, 0.2) is 12.9 Å². The van der Waals surface area contributed by atoms with Crippen molar-refractivity contribution in [1.82, 2.24) is 0 Å². The van der Waals surface area contributed by atoms with Crippen molar-refractivity contribution in [3.8, 4) is 5.75 Å². The molecule has 112 valence electrons. The molecule has 0 heterocycles. The molecule has 0 fully saturated rings. The minimum absolute atomic E-state index is 0.0910. The monoisotopic (exact) mass is 304 g/mol. The van der Waals surface area contributed by atoms with Crippen molar-refractivity contribution < 1.29 is 31.5 Å². The first kappa shape index (κ1) is 15.2. The summed E-state index contributed by atoms with van der Waals surface area (Å²) in [4.78, 5) is 10.9. The third kappa shape index (κ3) is 2.96. The van der Waals surface area contributed by atoms with Crippen LogP contribution in [0.2, 0.25) is 0 Å². The van der Waals surface area contributed by atoms with E-state index in [1.807, 2.05) is 0 Å². The topological polar surface area (TPSA) is 26.3 Å². The van der Waals surface area contributed by atoms with Crippen LogP contribution in [0.15, 0.2) is 36.4 Å². The van der Waals surface area contributed by atoms with Crippen molar-refractivity contribution in [2.45, 2.75) is 12.1 Å². The van der Waals surface area contributed by atoms with Crippen LogP contribution < -0.4 is 4.74 Å². The molecule has 0 amide bonds. The van der Waals surface area contributed by atoms with E-state index in [-0.39, 0.29) is 11.3 Å². The predicted molar refractivity (Wildman–Crippen MR) is 65.8 cm³/mol. The minimum Gasteiger partial charge on any atom is -0.486 e. The molecule has 0 saturated carbocycles. The SMILES string of the molecule is O=Cc1ccc2ccccc2c1OCC(F)(F)C(F)(F)F. The molecule has 2 aromatic rings. The first-order chi connectivity index (χ1) is 9.76. The van der Waals surface area contributed by atoms with Crippen molar-refractivity contribution in [1.29, 1.82) is 0 Å². The standard InChI is InChI=1S/C14H9F5O2/c15-13(16,14(17,18)19)8-21-12-10(7-20)6-5-9-3-1-2-4-11(9)12/h1-7H,8H2. The summed E-state index contributed by atoms with van der Waals surface area (Å²) in [7, 11) is 0. The van der Waals surface area contributed by atoms with Crippen LogP contribution >= 0.6 is 0 Å². The van der Waals surface area contributed by atoms with Gasteiger partial charge in [0, 0.05) is 5.39 Å². The van der Waals surface area contributed by atoms with E-state index in [0.717, 1.165) is 0 Å². The molecule has 0 atom stereocenters. The van der Waals surface area contributed by atoms with Crippen LogP contribution in [0.4, 0.5) is 22.0 Å². The predicted octanol–water partition coefficient (Wildman–Crippen LogP) is 4.23. The molecule has 0 N–H and O–H groups in total. The number of carbonyl (C=O) groups is 1. The van der Waals surface area contributed by atoms with Gasteiger partial charge < -0.3 is 4.74 Å². The van der Waals surface area contributed by atoms with Crippen LogP contribution in [0.25, 0.3) is 10.8 Å². The van der Waals surface area contributed by atoms with Crippen molar-refractivity contribution in [2.24, 2.45) is 0 Å². The minimum atomic E-state index is -5.71. The summed E-state index contributed by atoms with van der Waals surface area (Å²) in [6, 6.07) is 9.18. The number of benzene rings is 2. The van der Waals surface area contributed by atoms with Gasteiger partial charge >= 0.3 is 12.1 Å². The average molecular weight is 304 g/mol. The second-order valence-electron chi connectivity index (χ2n) is 4.31. The quantitative estimate of drug-likeness (QED) is 0.624. The fourth-order valence-electron chi connectivity index (χ4n) is 1.76. The van der Waals surface area contributed by atoms with E-state index < -0.39 is 18.7 Å². The van der Waals surface area contributed by atoms with E-state index in [1.165, 1.54) is 12.1 Å². The van der Waals surface area contributed by atoms with E-state index in [9.17, 15) is 26.7 Å². The molecule has 7 heteroatoms. The lowest BCUT2D eigenvalue weighted by Crippen LogP contribution is -2.41. The Kier molecular flexibility index (Phi) is 3.85. The maximum atomic E-state index is 12.9. The van der Waals surface area contributed by atoms with Gasteiger partial charge in [0.25, 0.3) is 0 Å². The highest BCUT2D eigenvalue weighted by Gasteiger charge is 2.58. The summed E-state index contributed by atoms with van der Waals surface area (Å²) < 4.78 is 66.9. The number of hydrogen-bond donors (Lipinski definition) is 0. The first-order valence-corrected chi connectivity index (χ1v) is 5.80. The number of alkyl halides is 5. The van der Waals surface area contributed by atoms with Crippen LogP contribution in [0.1, 0.15) is 10.4 Å². The fraction of sp³-hybridized carbons (Fsp3) is 0.214. The first-order valence-electron chi connectivity index (χ1n) is 5.80. The van der Waals surface area contributed by atoms with E-state index >= 15 is 0 Å². The van der Waals surface area contributed by atoms with Gasteiger partial charge in [-0.05, 0) is 11.5 Å². The number of aldehydes is 1. The molecular weight excluding hydrogens is 295 g/mol. The van der Waals surface area contributed by atoms with Gasteiger partial charge in [-0.3, -0.25) is 4.79 Å². The summed E-state index contributed by atoms with van der Waals surface area (Å²) in [5.41, 5.74) is -0.0910. The Bertz CT molecular complexity index is 664. The Labute approximate surface area is 116 Å². The van der Waals surface area contributed by atoms with Crippen molar-refractivity contribution in [2.75, 3.05) is 6.61 Å². The summed E-state index contributed by atoms with van der Waals surface area (Å²) in [5, 5.41) is 0.855. The average Bonchev–Trinajstić information content (AvgIpc) is 2.43. The molecular formula is C14H9F5O2. The van der Waals surface area contributed by atoms with Gasteiger partial charge in [0.05, 0.1) is 5.56 Å². The Morgan fingerprint density at radius 3 is 2.29 bits per heavy atom. The van der Waals surface area contributed by atoms with E-state index in [0.29, 0.717) is 17.1 Å². The van der Waals surface area contributed by atoms with Crippen LogP contribution in [0.5, 0.6) is 5.75 Å². The molecule has 0 aromatic heterocycles. The smallest absolute Gasteiger partial charge is 0.456 e. The van der Waals surface area contributed by atoms with Crippen molar-refractivity contribution in [3.05, 3.63) is 42.0 Å². The maximum absolute atomic E-state index is 12.9. The third-order valence-electron chi connectivity index (χ3n) is 2.85. The van der Waals surface area contributed by atoms with Gasteiger partial charge in [-0.25, -0.2) is 0 Å². The Hall–Kier alpha value is -2.18. The van der Waals surface area contributed by atoms with Crippen LogP contribution in [-0.2, 0) is 0 Å². The van der Waals surface area contributed by atoms with E-state index in [2.05, 4.69) is 4.74 Å². The normalized spacial score (nSPS) is 12.4. The molecule has 0 aliphatic carbocycles. The van der Waals surface area contributed by atoms with Gasteiger partial charge in [-0.15, -0.1) is 0 Å². The largest absolute Gasteiger partial charge is 0.486 e. The van der Waals surface area contributed by atoms with E-state index in [4.69, 9.17) is 0 Å². The summed E-state index contributed by atoms with van der Waals surface area (Å²) in [6.45, 7) is -1.88. The Balaban J connectivity index is 2.40. The maximum Gasteiger partial charge on any atom is 0.456 e. The van der Waals surface area contributed by atoms with Crippen molar-refractivity contribution in [3.63, 3.8) is 0 Å². The number of hydrogen-bond acceptors (Lipinski definition) is 2. The highest BCUT2D eigenvalue weighted by atomic mass is 19.4. The molecule has 0 aliphatic heterocycles. The van der Waals surface area contributed by atoms with Crippen molar-refractivity contribution >= 4 is 17.1 Å². The fourth-order valence-corrected chi connectivity index (χ4v) is 1.76.